The molecule has 2 aromatic carbocycles. The fourth-order valence-corrected chi connectivity index (χ4v) is 3.65. The van der Waals surface area contributed by atoms with Gasteiger partial charge in [0.25, 0.3) is 0 Å². The minimum absolute atomic E-state index is 0.284. The number of nitrogens with one attached hydrogen (secondary N) is 1. The molecule has 0 atom stereocenters. The molecule has 0 aliphatic carbocycles. The zero-order valence-corrected chi connectivity index (χ0v) is 14.7. The molecule has 0 bridgehead atoms. The number of benzene rings is 2. The summed E-state index contributed by atoms with van der Waals surface area (Å²) in [5.41, 5.74) is 3.14. The highest BCUT2D eigenvalue weighted by atomic mass is 32.2. The second-order valence-electron chi connectivity index (χ2n) is 5.88. The molecule has 0 amide bonds. The van der Waals surface area contributed by atoms with Crippen LogP contribution in [-0.2, 0) is 16.4 Å². The van der Waals surface area contributed by atoms with E-state index in [-0.39, 0.29) is 4.90 Å². The lowest BCUT2D eigenvalue weighted by Crippen LogP contribution is -2.26. The molecule has 1 N–H and O–H groups in total. The van der Waals surface area contributed by atoms with Crippen molar-refractivity contribution in [3.05, 3.63) is 53.1 Å². The molecule has 0 aromatic heterocycles. The van der Waals surface area contributed by atoms with E-state index in [2.05, 4.69) is 4.72 Å². The lowest BCUT2D eigenvalue weighted by atomic mass is 10.0. The van der Waals surface area contributed by atoms with Crippen LogP contribution in [0.1, 0.15) is 16.7 Å². The van der Waals surface area contributed by atoms with Gasteiger partial charge in [-0.25, -0.2) is 13.1 Å². The Morgan fingerprint density at radius 3 is 2.29 bits per heavy atom. The van der Waals surface area contributed by atoms with Crippen LogP contribution in [0.3, 0.4) is 0 Å². The summed E-state index contributed by atoms with van der Waals surface area (Å²) in [6, 6.07) is 10.7. The molecule has 1 aliphatic heterocycles. The molecular weight excluding hydrogens is 326 g/mol. The largest absolute Gasteiger partial charge is 0.486 e. The van der Waals surface area contributed by atoms with E-state index in [0.29, 0.717) is 26.2 Å². The number of sulfonamides is 1. The van der Waals surface area contributed by atoms with Crippen LogP contribution >= 0.6 is 0 Å². The molecular formula is C18H21NO4S. The molecule has 5 nitrogen and oxygen atoms in total. The molecule has 0 radical (unpaired) electrons. The van der Waals surface area contributed by atoms with Gasteiger partial charge in [-0.1, -0.05) is 17.7 Å². The van der Waals surface area contributed by atoms with Crippen molar-refractivity contribution in [2.24, 2.45) is 0 Å². The summed E-state index contributed by atoms with van der Waals surface area (Å²) in [5, 5.41) is 0. The van der Waals surface area contributed by atoms with Crippen molar-refractivity contribution in [2.45, 2.75) is 25.2 Å². The van der Waals surface area contributed by atoms with Gasteiger partial charge >= 0.3 is 0 Å². The van der Waals surface area contributed by atoms with Crippen LogP contribution in [0.2, 0.25) is 0 Å². The van der Waals surface area contributed by atoms with Crippen molar-refractivity contribution >= 4 is 10.0 Å². The van der Waals surface area contributed by atoms with Gasteiger partial charge < -0.3 is 9.47 Å². The maximum atomic E-state index is 12.3. The Balaban J connectivity index is 1.67. The summed E-state index contributed by atoms with van der Waals surface area (Å²) in [6.45, 7) is 5.34. The van der Waals surface area contributed by atoms with Gasteiger partial charge in [-0.3, -0.25) is 0 Å². The standard InChI is InChI=1S/C18H21NO4S/c1-13-3-5-16(6-4-13)24(20,21)19-8-7-15-12-18-17(11-14(15)2)22-9-10-23-18/h3-6,11-12,19H,7-10H2,1-2H3. The van der Waals surface area contributed by atoms with E-state index >= 15 is 0 Å². The first-order valence-electron chi connectivity index (χ1n) is 7.91. The third-order valence-electron chi connectivity index (χ3n) is 4.02. The van der Waals surface area contributed by atoms with E-state index in [0.717, 1.165) is 28.2 Å². The average molecular weight is 347 g/mol. The van der Waals surface area contributed by atoms with Crippen LogP contribution in [0, 0.1) is 13.8 Å². The quantitative estimate of drug-likeness (QED) is 0.903. The highest BCUT2D eigenvalue weighted by molar-refractivity contribution is 7.89. The van der Waals surface area contributed by atoms with Crippen molar-refractivity contribution in [3.8, 4) is 11.5 Å². The van der Waals surface area contributed by atoms with E-state index in [1.165, 1.54) is 0 Å². The van der Waals surface area contributed by atoms with E-state index in [1.807, 2.05) is 26.0 Å². The Bertz CT molecular complexity index is 829. The molecule has 24 heavy (non-hydrogen) atoms. The van der Waals surface area contributed by atoms with Crippen LogP contribution < -0.4 is 14.2 Å². The van der Waals surface area contributed by atoms with Crippen LogP contribution in [0.5, 0.6) is 11.5 Å². The van der Waals surface area contributed by atoms with Gasteiger partial charge in [-0.05, 0) is 55.7 Å². The molecule has 1 heterocycles. The van der Waals surface area contributed by atoms with E-state index in [1.54, 1.807) is 24.3 Å². The highest BCUT2D eigenvalue weighted by Gasteiger charge is 2.16. The van der Waals surface area contributed by atoms with Gasteiger partial charge in [0, 0.05) is 6.54 Å². The lowest BCUT2D eigenvalue weighted by Gasteiger charge is -2.20. The van der Waals surface area contributed by atoms with Crippen molar-refractivity contribution < 1.29 is 17.9 Å². The zero-order valence-electron chi connectivity index (χ0n) is 13.8. The molecule has 0 fully saturated rings. The smallest absolute Gasteiger partial charge is 0.240 e. The maximum absolute atomic E-state index is 12.3. The van der Waals surface area contributed by atoms with Gasteiger partial charge in [0.2, 0.25) is 10.0 Å². The Labute approximate surface area is 142 Å². The minimum Gasteiger partial charge on any atom is -0.486 e. The molecule has 6 heteroatoms. The zero-order chi connectivity index (χ0) is 17.2. The van der Waals surface area contributed by atoms with E-state index in [4.69, 9.17) is 9.47 Å². The third kappa shape index (κ3) is 3.71. The summed E-state index contributed by atoms with van der Waals surface area (Å²) >= 11 is 0. The van der Waals surface area contributed by atoms with Crippen LogP contribution in [-0.4, -0.2) is 28.2 Å². The maximum Gasteiger partial charge on any atom is 0.240 e. The van der Waals surface area contributed by atoms with Crippen molar-refractivity contribution in [3.63, 3.8) is 0 Å². The molecule has 0 saturated carbocycles. The predicted molar refractivity (Wildman–Crippen MR) is 92.2 cm³/mol. The highest BCUT2D eigenvalue weighted by Crippen LogP contribution is 2.33. The minimum atomic E-state index is -3.48. The van der Waals surface area contributed by atoms with Gasteiger partial charge in [0.15, 0.2) is 11.5 Å². The van der Waals surface area contributed by atoms with E-state index < -0.39 is 10.0 Å². The lowest BCUT2D eigenvalue weighted by molar-refractivity contribution is 0.171. The molecule has 0 saturated heterocycles. The second-order valence-corrected chi connectivity index (χ2v) is 7.65. The van der Waals surface area contributed by atoms with E-state index in [9.17, 15) is 8.42 Å². The predicted octanol–water partition coefficient (Wildman–Crippen LogP) is 2.60. The summed E-state index contributed by atoms with van der Waals surface area (Å²) in [5.74, 6) is 1.48. The molecule has 0 spiro atoms. The topological polar surface area (TPSA) is 64.6 Å². The van der Waals surface area contributed by atoms with Gasteiger partial charge in [-0.15, -0.1) is 0 Å². The number of hydrogen-bond donors (Lipinski definition) is 1. The molecule has 0 unspecified atom stereocenters. The summed E-state index contributed by atoms with van der Waals surface area (Å²) in [6.07, 6.45) is 0.591. The Kier molecular flexibility index (Phi) is 4.78. The fourth-order valence-electron chi connectivity index (χ4n) is 2.62. The first kappa shape index (κ1) is 16.8. The first-order valence-corrected chi connectivity index (χ1v) is 9.39. The second kappa shape index (κ2) is 6.83. The van der Waals surface area contributed by atoms with Crippen LogP contribution in [0.4, 0.5) is 0 Å². The molecule has 3 rings (SSSR count). The number of hydrogen-bond acceptors (Lipinski definition) is 4. The number of fused-ring (bicyclic) bond motifs is 1. The first-order chi connectivity index (χ1) is 11.5. The monoisotopic (exact) mass is 347 g/mol. The van der Waals surface area contributed by atoms with Crippen LogP contribution in [0.15, 0.2) is 41.3 Å². The molecule has 128 valence electrons. The van der Waals surface area contributed by atoms with Crippen molar-refractivity contribution in [2.75, 3.05) is 19.8 Å². The van der Waals surface area contributed by atoms with Crippen LogP contribution in [0.25, 0.3) is 0 Å². The van der Waals surface area contributed by atoms with Gasteiger partial charge in [-0.2, -0.15) is 0 Å². The summed E-state index contributed by atoms with van der Waals surface area (Å²) < 4.78 is 38.4. The number of ether oxygens (including phenoxy) is 2. The van der Waals surface area contributed by atoms with Crippen molar-refractivity contribution in [1.29, 1.82) is 0 Å². The fraction of sp³-hybridized carbons (Fsp3) is 0.333. The van der Waals surface area contributed by atoms with Gasteiger partial charge in [0.1, 0.15) is 13.2 Å². The summed E-state index contributed by atoms with van der Waals surface area (Å²) in [7, 11) is -3.48. The average Bonchev–Trinajstić information content (AvgIpc) is 2.55. The number of rotatable bonds is 5. The Morgan fingerprint density at radius 2 is 1.62 bits per heavy atom. The number of aryl methyl sites for hydroxylation is 2. The molecule has 1 aliphatic rings. The third-order valence-corrected chi connectivity index (χ3v) is 5.50. The Hall–Kier alpha value is -2.05. The normalized spacial score (nSPS) is 13.8. The Morgan fingerprint density at radius 1 is 1.00 bits per heavy atom. The summed E-state index contributed by atoms with van der Waals surface area (Å²) in [4.78, 5) is 0.284. The van der Waals surface area contributed by atoms with Crippen molar-refractivity contribution in [1.82, 2.24) is 4.72 Å². The SMILES string of the molecule is Cc1ccc(S(=O)(=O)NCCc2cc3c(cc2C)OCCO3)cc1. The molecule has 2 aromatic rings. The van der Waals surface area contributed by atoms with Gasteiger partial charge in [0.05, 0.1) is 4.90 Å².